The molecule has 0 amide bonds. The normalized spacial score (nSPS) is 10.3. The standard InChI is InChI=1S/2C15H9ClO7/c16-10-4-9(11(17)5-12(10)18)13(19)8-3-6(14(20)21)1-2-7(8)15(22)23;16-10-4-9(11(17)5-12(10)18)13(19)7-2-1-6(14(20)21)3-8(7)15(22)23/h2*1-5,17-18H,(H,20,21)(H,22,23). The summed E-state index contributed by atoms with van der Waals surface area (Å²) in [5, 5.41) is 73.9. The van der Waals surface area contributed by atoms with Crippen molar-refractivity contribution in [2.24, 2.45) is 0 Å². The summed E-state index contributed by atoms with van der Waals surface area (Å²) in [6.45, 7) is 0. The van der Waals surface area contributed by atoms with Crippen molar-refractivity contribution >= 4 is 58.6 Å². The van der Waals surface area contributed by atoms with Crippen molar-refractivity contribution in [3.8, 4) is 23.0 Å². The molecule has 0 radical (unpaired) electrons. The molecule has 4 rings (SSSR count). The predicted octanol–water partition coefficient (Wildman–Crippen LogP) is 4.76. The molecule has 4 aromatic carbocycles. The lowest BCUT2D eigenvalue weighted by Gasteiger charge is -2.09. The number of phenolic OH excluding ortho intramolecular Hbond substituents is 4. The number of carboxylic acid groups (broad SMARTS) is 4. The zero-order chi connectivity index (χ0) is 34.6. The van der Waals surface area contributed by atoms with Gasteiger partial charge in [-0.05, 0) is 48.5 Å². The molecule has 0 aromatic heterocycles. The lowest BCUT2D eigenvalue weighted by Crippen LogP contribution is -2.12. The van der Waals surface area contributed by atoms with Crippen molar-refractivity contribution in [3.63, 3.8) is 0 Å². The lowest BCUT2D eigenvalue weighted by atomic mass is 9.95. The van der Waals surface area contributed by atoms with Crippen molar-refractivity contribution in [3.05, 3.63) is 115 Å². The first kappa shape index (κ1) is 34.4. The Morgan fingerprint density at radius 2 is 0.761 bits per heavy atom. The molecule has 0 bridgehead atoms. The number of benzene rings is 4. The average molecular weight is 673 g/mol. The largest absolute Gasteiger partial charge is 0.507 e. The summed E-state index contributed by atoms with van der Waals surface area (Å²) < 4.78 is 0. The van der Waals surface area contributed by atoms with Crippen LogP contribution in [0.5, 0.6) is 23.0 Å². The SMILES string of the molecule is O=C(O)c1ccc(C(=O)O)c(C(=O)c2cc(Cl)c(O)cc2O)c1.O=C(O)c1ccc(C(=O)c2cc(Cl)c(O)cc2O)c(C(=O)O)c1. The van der Waals surface area contributed by atoms with Gasteiger partial charge >= 0.3 is 23.9 Å². The topological polar surface area (TPSA) is 264 Å². The molecule has 46 heavy (non-hydrogen) atoms. The van der Waals surface area contributed by atoms with Crippen LogP contribution in [0.2, 0.25) is 10.0 Å². The summed E-state index contributed by atoms with van der Waals surface area (Å²) in [6, 6.07) is 9.52. The number of aromatic carboxylic acids is 4. The Balaban J connectivity index is 0.000000250. The van der Waals surface area contributed by atoms with Crippen molar-refractivity contribution < 1.29 is 69.6 Å². The van der Waals surface area contributed by atoms with E-state index >= 15 is 0 Å². The number of phenols is 4. The van der Waals surface area contributed by atoms with Gasteiger partial charge in [-0.1, -0.05) is 23.2 Å². The van der Waals surface area contributed by atoms with Crippen LogP contribution in [-0.4, -0.2) is 76.3 Å². The van der Waals surface area contributed by atoms with E-state index in [-0.39, 0.29) is 37.9 Å². The maximum atomic E-state index is 12.5. The van der Waals surface area contributed by atoms with Gasteiger partial charge in [-0.15, -0.1) is 0 Å². The molecule has 4 aromatic rings. The second-order valence-corrected chi connectivity index (χ2v) is 9.86. The predicted molar refractivity (Wildman–Crippen MR) is 157 cm³/mol. The van der Waals surface area contributed by atoms with E-state index in [0.29, 0.717) is 0 Å². The molecule has 0 fully saturated rings. The third-order valence-electron chi connectivity index (χ3n) is 6.10. The molecule has 14 nitrogen and oxygen atoms in total. The minimum atomic E-state index is -1.50. The number of carboxylic acids is 4. The van der Waals surface area contributed by atoms with E-state index < -0.39 is 75.1 Å². The van der Waals surface area contributed by atoms with E-state index in [9.17, 15) is 49.2 Å². The van der Waals surface area contributed by atoms with Crippen molar-refractivity contribution in [2.75, 3.05) is 0 Å². The summed E-state index contributed by atoms with van der Waals surface area (Å²) >= 11 is 11.4. The van der Waals surface area contributed by atoms with Crippen LogP contribution in [0.25, 0.3) is 0 Å². The molecule has 16 heteroatoms. The number of aromatic hydroxyl groups is 4. The summed E-state index contributed by atoms with van der Waals surface area (Å²) in [5.41, 5.74) is -2.97. The smallest absolute Gasteiger partial charge is 0.336 e. The molecule has 0 unspecified atom stereocenters. The van der Waals surface area contributed by atoms with E-state index in [0.717, 1.165) is 60.7 Å². The third kappa shape index (κ3) is 7.32. The number of carbonyl (C=O) groups excluding carboxylic acids is 2. The molecular formula is C30H18Cl2O14. The van der Waals surface area contributed by atoms with Gasteiger partial charge in [0.25, 0.3) is 0 Å². The molecule has 0 saturated heterocycles. The van der Waals surface area contributed by atoms with Crippen LogP contribution in [0.1, 0.15) is 73.3 Å². The van der Waals surface area contributed by atoms with E-state index in [1.54, 1.807) is 0 Å². The fourth-order valence-electron chi connectivity index (χ4n) is 3.86. The highest BCUT2D eigenvalue weighted by atomic mass is 35.5. The first-order chi connectivity index (χ1) is 21.4. The highest BCUT2D eigenvalue weighted by Gasteiger charge is 2.25. The molecule has 0 aliphatic rings. The first-order valence-corrected chi connectivity index (χ1v) is 12.9. The first-order valence-electron chi connectivity index (χ1n) is 12.2. The van der Waals surface area contributed by atoms with Gasteiger partial charge < -0.3 is 40.9 Å². The van der Waals surface area contributed by atoms with Crippen LogP contribution in [0.4, 0.5) is 0 Å². The van der Waals surface area contributed by atoms with Crippen LogP contribution >= 0.6 is 23.2 Å². The molecule has 0 aliphatic carbocycles. The van der Waals surface area contributed by atoms with E-state index in [2.05, 4.69) is 0 Å². The third-order valence-corrected chi connectivity index (χ3v) is 6.71. The quantitative estimate of drug-likeness (QED) is 0.117. The monoisotopic (exact) mass is 672 g/mol. The fraction of sp³-hybridized carbons (Fsp3) is 0. The Labute approximate surface area is 266 Å². The van der Waals surface area contributed by atoms with Crippen LogP contribution in [0.3, 0.4) is 0 Å². The fourth-order valence-corrected chi connectivity index (χ4v) is 4.19. The summed E-state index contributed by atoms with van der Waals surface area (Å²) in [6.07, 6.45) is 0. The number of halogens is 2. The number of carbonyl (C=O) groups is 6. The lowest BCUT2D eigenvalue weighted by molar-refractivity contribution is 0.0679. The highest BCUT2D eigenvalue weighted by molar-refractivity contribution is 6.33. The second kappa shape index (κ2) is 13.7. The van der Waals surface area contributed by atoms with Crippen LogP contribution in [0.15, 0.2) is 60.7 Å². The highest BCUT2D eigenvalue weighted by Crippen LogP contribution is 2.34. The van der Waals surface area contributed by atoms with E-state index in [1.807, 2.05) is 0 Å². The summed E-state index contributed by atoms with van der Waals surface area (Å²) in [5.74, 6) is -9.55. The number of ketones is 2. The van der Waals surface area contributed by atoms with Crippen LogP contribution in [-0.2, 0) is 0 Å². The maximum Gasteiger partial charge on any atom is 0.336 e. The van der Waals surface area contributed by atoms with E-state index in [1.165, 1.54) is 0 Å². The number of hydrogen-bond donors (Lipinski definition) is 8. The van der Waals surface area contributed by atoms with Gasteiger partial charge in [0.15, 0.2) is 11.6 Å². The van der Waals surface area contributed by atoms with Crippen molar-refractivity contribution in [2.45, 2.75) is 0 Å². The van der Waals surface area contributed by atoms with Crippen molar-refractivity contribution in [1.82, 2.24) is 0 Å². The van der Waals surface area contributed by atoms with Gasteiger partial charge in [0.05, 0.1) is 43.4 Å². The van der Waals surface area contributed by atoms with Gasteiger partial charge in [-0.25, -0.2) is 19.2 Å². The van der Waals surface area contributed by atoms with Crippen molar-refractivity contribution in [1.29, 1.82) is 0 Å². The summed E-state index contributed by atoms with van der Waals surface area (Å²) in [7, 11) is 0. The molecule has 0 heterocycles. The van der Waals surface area contributed by atoms with Gasteiger partial charge in [-0.3, -0.25) is 9.59 Å². The van der Waals surface area contributed by atoms with Gasteiger partial charge in [-0.2, -0.15) is 0 Å². The molecule has 0 spiro atoms. The van der Waals surface area contributed by atoms with Gasteiger partial charge in [0.1, 0.15) is 23.0 Å². The molecule has 0 atom stereocenters. The minimum absolute atomic E-state index is 0.204. The minimum Gasteiger partial charge on any atom is -0.507 e. The Morgan fingerprint density at radius 1 is 0.391 bits per heavy atom. The molecule has 8 N–H and O–H groups in total. The molecular weight excluding hydrogens is 655 g/mol. The van der Waals surface area contributed by atoms with Gasteiger partial charge in [0, 0.05) is 23.3 Å². The molecule has 236 valence electrons. The van der Waals surface area contributed by atoms with E-state index in [4.69, 9.17) is 43.6 Å². The maximum absolute atomic E-state index is 12.5. The van der Waals surface area contributed by atoms with Crippen LogP contribution in [0, 0.1) is 0 Å². The molecule has 0 saturated carbocycles. The van der Waals surface area contributed by atoms with Crippen LogP contribution < -0.4 is 0 Å². The Hall–Kier alpha value is -6.12. The zero-order valence-corrected chi connectivity index (χ0v) is 24.1. The Morgan fingerprint density at radius 3 is 1.15 bits per heavy atom. The second-order valence-electron chi connectivity index (χ2n) is 9.04. The summed E-state index contributed by atoms with van der Waals surface area (Å²) in [4.78, 5) is 69.3. The van der Waals surface area contributed by atoms with Gasteiger partial charge in [0.2, 0.25) is 0 Å². The Kier molecular flexibility index (Phi) is 10.2. The zero-order valence-electron chi connectivity index (χ0n) is 22.6. The number of rotatable bonds is 8. The number of hydrogen-bond acceptors (Lipinski definition) is 10. The Bertz CT molecular complexity index is 1970. The average Bonchev–Trinajstić information content (AvgIpc) is 2.99. The molecule has 0 aliphatic heterocycles.